The van der Waals surface area contributed by atoms with E-state index in [0.29, 0.717) is 9.90 Å². The summed E-state index contributed by atoms with van der Waals surface area (Å²) in [5, 5.41) is 2.37. The molecule has 0 aliphatic carbocycles. The van der Waals surface area contributed by atoms with Crippen LogP contribution in [0.2, 0.25) is 5.02 Å². The fourth-order valence-electron chi connectivity index (χ4n) is 0.545. The first-order valence-corrected chi connectivity index (χ1v) is 3.71. The van der Waals surface area contributed by atoms with E-state index in [-0.39, 0.29) is 24.3 Å². The lowest BCUT2D eigenvalue weighted by atomic mass is 10.4. The van der Waals surface area contributed by atoms with E-state index in [1.54, 1.807) is 11.4 Å². The predicted molar refractivity (Wildman–Crippen MR) is 51.6 cm³/mol. The lowest BCUT2D eigenvalue weighted by Gasteiger charge is -1.85. The molecule has 1 aromatic rings. The van der Waals surface area contributed by atoms with Gasteiger partial charge in [-0.3, -0.25) is 4.79 Å². The van der Waals surface area contributed by atoms with Crippen LogP contribution in [-0.4, -0.2) is 5.78 Å². The van der Waals surface area contributed by atoms with Crippen molar-refractivity contribution in [1.82, 2.24) is 6.15 Å². The first-order valence-electron chi connectivity index (χ1n) is 2.45. The largest absolute Gasteiger partial charge is 0.344 e. The average molecular weight is 214 g/mol. The summed E-state index contributed by atoms with van der Waals surface area (Å²) in [6.07, 6.45) is 0. The minimum absolute atomic E-state index is 0. The molecule has 0 saturated heterocycles. The molecule has 0 atom stereocenters. The summed E-state index contributed by atoms with van der Waals surface area (Å²) in [6.45, 7) is 1.51. The van der Waals surface area contributed by atoms with Crippen LogP contribution in [0.3, 0.4) is 0 Å². The van der Waals surface area contributed by atoms with Crippen LogP contribution in [0.4, 0.5) is 0 Å². The van der Waals surface area contributed by atoms with Gasteiger partial charge in [0.15, 0.2) is 5.78 Å². The number of hydrogen-bond donors (Lipinski definition) is 1. The van der Waals surface area contributed by atoms with Crippen molar-refractivity contribution in [2.45, 2.75) is 6.92 Å². The Hall–Kier alpha value is -0.0900. The molecule has 0 fully saturated rings. The topological polar surface area (TPSA) is 52.1 Å². The van der Waals surface area contributed by atoms with E-state index in [4.69, 9.17) is 11.6 Å². The highest BCUT2D eigenvalue weighted by atomic mass is 35.5. The summed E-state index contributed by atoms with van der Waals surface area (Å²) >= 11 is 7.00. The van der Waals surface area contributed by atoms with Crippen LogP contribution in [0.1, 0.15) is 16.6 Å². The van der Waals surface area contributed by atoms with Crippen molar-refractivity contribution < 1.29 is 4.79 Å². The van der Waals surface area contributed by atoms with Gasteiger partial charge in [-0.25, -0.2) is 0 Å². The van der Waals surface area contributed by atoms with Crippen LogP contribution in [0, 0.1) is 0 Å². The van der Waals surface area contributed by atoms with Crippen LogP contribution in [-0.2, 0) is 0 Å². The van der Waals surface area contributed by atoms with Crippen molar-refractivity contribution in [2.75, 3.05) is 0 Å². The van der Waals surface area contributed by atoms with Crippen molar-refractivity contribution in [3.05, 3.63) is 21.3 Å². The summed E-state index contributed by atoms with van der Waals surface area (Å²) in [7, 11) is 0. The normalized spacial score (nSPS) is 7.82. The van der Waals surface area contributed by atoms with Crippen molar-refractivity contribution in [3.63, 3.8) is 0 Å². The van der Waals surface area contributed by atoms with E-state index in [2.05, 4.69) is 0 Å². The summed E-state index contributed by atoms with van der Waals surface area (Å²) in [5.41, 5.74) is 0. The molecular weight excluding hydrogens is 205 g/mol. The van der Waals surface area contributed by atoms with Crippen molar-refractivity contribution >= 4 is 41.1 Å². The van der Waals surface area contributed by atoms with E-state index in [1.165, 1.54) is 18.3 Å². The maximum absolute atomic E-state index is 10.7. The van der Waals surface area contributed by atoms with Gasteiger partial charge in [0.05, 0.1) is 9.90 Å². The molecule has 1 aromatic heterocycles. The lowest BCUT2D eigenvalue weighted by molar-refractivity contribution is 0.102. The first-order chi connectivity index (χ1) is 4.22. The maximum atomic E-state index is 10.7. The quantitative estimate of drug-likeness (QED) is 0.729. The van der Waals surface area contributed by atoms with Gasteiger partial charge in [-0.2, -0.15) is 0 Å². The van der Waals surface area contributed by atoms with E-state index >= 15 is 0 Å². The summed E-state index contributed by atoms with van der Waals surface area (Å²) in [6, 6.07) is 1.73. The van der Waals surface area contributed by atoms with Crippen LogP contribution in [0.15, 0.2) is 11.4 Å². The second-order valence-corrected chi connectivity index (χ2v) is 2.98. The highest BCUT2D eigenvalue weighted by Crippen LogP contribution is 2.21. The fraction of sp³-hybridized carbons (Fsp3) is 0.167. The number of carbonyl (C=O) groups excluding carboxylic acids is 1. The minimum atomic E-state index is 0. The van der Waals surface area contributed by atoms with Crippen molar-refractivity contribution in [1.29, 1.82) is 0 Å². The Kier molecular flexibility index (Phi) is 6.81. The molecule has 0 aliphatic heterocycles. The molecular formula is C6H9Cl2NOS. The highest BCUT2D eigenvalue weighted by molar-refractivity contribution is 7.12. The van der Waals surface area contributed by atoms with Gasteiger partial charge in [0, 0.05) is 6.92 Å². The molecule has 0 unspecified atom stereocenters. The Bertz CT molecular complexity index is 236. The van der Waals surface area contributed by atoms with Crippen LogP contribution >= 0.6 is 35.3 Å². The molecule has 3 N–H and O–H groups in total. The Morgan fingerprint density at radius 2 is 2.18 bits per heavy atom. The second kappa shape index (κ2) is 5.55. The van der Waals surface area contributed by atoms with Crippen LogP contribution in [0.5, 0.6) is 0 Å². The number of carbonyl (C=O) groups is 1. The second-order valence-electron chi connectivity index (χ2n) is 1.65. The van der Waals surface area contributed by atoms with Gasteiger partial charge < -0.3 is 6.15 Å². The SMILES string of the molecule is CC(=O)c1sccc1Cl.Cl.N. The minimum Gasteiger partial charge on any atom is -0.344 e. The third kappa shape index (κ3) is 3.20. The van der Waals surface area contributed by atoms with Gasteiger partial charge in [-0.15, -0.1) is 23.7 Å². The Morgan fingerprint density at radius 1 is 1.64 bits per heavy atom. The Labute approximate surface area is 80.6 Å². The molecule has 0 aromatic carbocycles. The van der Waals surface area contributed by atoms with Gasteiger partial charge in [0.1, 0.15) is 0 Å². The Balaban J connectivity index is 0. The molecule has 0 spiro atoms. The molecule has 0 bridgehead atoms. The molecule has 0 aliphatic rings. The van der Waals surface area contributed by atoms with E-state index in [1.807, 2.05) is 0 Å². The number of Topliss-reactive ketones (excluding diaryl/α,β-unsaturated/α-hetero) is 1. The van der Waals surface area contributed by atoms with E-state index < -0.39 is 0 Å². The predicted octanol–water partition coefficient (Wildman–Crippen LogP) is 3.19. The first kappa shape index (κ1) is 13.5. The molecule has 0 amide bonds. The monoisotopic (exact) mass is 213 g/mol. The molecule has 11 heavy (non-hydrogen) atoms. The zero-order chi connectivity index (χ0) is 6.85. The van der Waals surface area contributed by atoms with Gasteiger partial charge in [0.2, 0.25) is 0 Å². The zero-order valence-electron chi connectivity index (χ0n) is 5.96. The molecule has 5 heteroatoms. The molecule has 2 nitrogen and oxygen atoms in total. The van der Waals surface area contributed by atoms with Gasteiger partial charge >= 0.3 is 0 Å². The van der Waals surface area contributed by atoms with Crippen molar-refractivity contribution in [2.24, 2.45) is 0 Å². The zero-order valence-corrected chi connectivity index (χ0v) is 8.35. The van der Waals surface area contributed by atoms with Gasteiger partial charge in [-0.1, -0.05) is 11.6 Å². The average Bonchev–Trinajstić information content (AvgIpc) is 2.13. The third-order valence-corrected chi connectivity index (χ3v) is 2.38. The van der Waals surface area contributed by atoms with Crippen molar-refractivity contribution in [3.8, 4) is 0 Å². The Morgan fingerprint density at radius 3 is 2.36 bits per heavy atom. The molecule has 0 saturated carbocycles. The molecule has 64 valence electrons. The third-order valence-electron chi connectivity index (χ3n) is 0.937. The van der Waals surface area contributed by atoms with E-state index in [9.17, 15) is 4.79 Å². The summed E-state index contributed by atoms with van der Waals surface area (Å²) in [5.74, 6) is 0.0370. The smallest absolute Gasteiger partial charge is 0.171 e. The van der Waals surface area contributed by atoms with Crippen LogP contribution in [0.25, 0.3) is 0 Å². The number of halogens is 2. The van der Waals surface area contributed by atoms with Gasteiger partial charge in [0.25, 0.3) is 0 Å². The van der Waals surface area contributed by atoms with Crippen LogP contribution < -0.4 is 6.15 Å². The molecule has 0 radical (unpaired) electrons. The van der Waals surface area contributed by atoms with Gasteiger partial charge in [-0.05, 0) is 11.4 Å². The standard InChI is InChI=1S/C6H5ClOS.ClH.H3N/c1-4(8)6-5(7)2-3-9-6;;/h2-3H,1H3;1H;1H3. The highest BCUT2D eigenvalue weighted by Gasteiger charge is 2.04. The lowest BCUT2D eigenvalue weighted by Crippen LogP contribution is -1.85. The number of thiophene rings is 1. The number of ketones is 1. The number of rotatable bonds is 1. The maximum Gasteiger partial charge on any atom is 0.171 e. The van der Waals surface area contributed by atoms with E-state index in [0.717, 1.165) is 0 Å². The fourth-order valence-corrected chi connectivity index (χ4v) is 1.64. The summed E-state index contributed by atoms with van der Waals surface area (Å²) in [4.78, 5) is 11.3. The summed E-state index contributed by atoms with van der Waals surface area (Å²) < 4.78 is 0. The number of hydrogen-bond acceptors (Lipinski definition) is 3. The molecule has 1 heterocycles. The molecule has 1 rings (SSSR count).